The standard InChI is InChI=1S/C28H25F3N4O6S2/c1-14-11-19-24(22(41-43(38,39)28(29,30)31)21(14)23(26(36)37)40-27(2,3)4)42-25(34-19)18-8-6-7-17(33-18)15-9-10-20-16(12-15)13-32-35(20)5/h6-13,23H,1-5H3,(H,36,37)/p-1. The van der Waals surface area contributed by atoms with Crippen molar-refractivity contribution >= 4 is 48.5 Å². The monoisotopic (exact) mass is 633 g/mol. The van der Waals surface area contributed by atoms with Crippen LogP contribution in [-0.2, 0) is 26.7 Å². The molecule has 0 aliphatic carbocycles. The number of rotatable bonds is 7. The van der Waals surface area contributed by atoms with E-state index in [9.17, 15) is 31.5 Å². The van der Waals surface area contributed by atoms with Gasteiger partial charge in [-0.25, -0.2) is 9.97 Å². The van der Waals surface area contributed by atoms with Crippen LogP contribution >= 0.6 is 11.3 Å². The molecule has 0 saturated carbocycles. The number of ether oxygens (including phenoxy) is 1. The second-order valence-corrected chi connectivity index (χ2v) is 13.2. The first-order valence-corrected chi connectivity index (χ1v) is 14.9. The number of carboxylic acids is 1. The highest BCUT2D eigenvalue weighted by molar-refractivity contribution is 7.88. The van der Waals surface area contributed by atoms with Gasteiger partial charge in [-0.2, -0.15) is 26.7 Å². The zero-order valence-electron chi connectivity index (χ0n) is 23.4. The molecule has 0 N–H and O–H groups in total. The van der Waals surface area contributed by atoms with Crippen molar-refractivity contribution in [2.45, 2.75) is 44.9 Å². The minimum Gasteiger partial charge on any atom is -0.547 e. The van der Waals surface area contributed by atoms with Crippen LogP contribution in [0.25, 0.3) is 43.1 Å². The largest absolute Gasteiger partial charge is 0.547 e. The van der Waals surface area contributed by atoms with Gasteiger partial charge in [-0.1, -0.05) is 12.1 Å². The van der Waals surface area contributed by atoms with Crippen molar-refractivity contribution in [2.24, 2.45) is 7.05 Å². The van der Waals surface area contributed by atoms with E-state index in [0.29, 0.717) is 11.4 Å². The van der Waals surface area contributed by atoms with Crippen LogP contribution in [0.4, 0.5) is 13.2 Å². The van der Waals surface area contributed by atoms with Crippen molar-refractivity contribution in [1.29, 1.82) is 0 Å². The van der Waals surface area contributed by atoms with E-state index in [2.05, 4.69) is 19.2 Å². The number of carbonyl (C=O) groups is 1. The Kier molecular flexibility index (Phi) is 7.47. The van der Waals surface area contributed by atoms with Crippen molar-refractivity contribution in [3.05, 3.63) is 59.8 Å². The molecule has 0 spiro atoms. The van der Waals surface area contributed by atoms with Gasteiger partial charge in [0.15, 0.2) is 5.75 Å². The average molecular weight is 634 g/mol. The van der Waals surface area contributed by atoms with E-state index >= 15 is 0 Å². The van der Waals surface area contributed by atoms with Crippen molar-refractivity contribution in [1.82, 2.24) is 19.7 Å². The number of hydrogen-bond donors (Lipinski definition) is 0. The maximum absolute atomic E-state index is 13.5. The Balaban J connectivity index is 1.69. The van der Waals surface area contributed by atoms with Crippen LogP contribution in [0.15, 0.2) is 48.7 Å². The number of aryl methyl sites for hydroxylation is 2. The van der Waals surface area contributed by atoms with Gasteiger partial charge in [0.25, 0.3) is 0 Å². The summed E-state index contributed by atoms with van der Waals surface area (Å²) in [4.78, 5) is 21.3. The molecule has 1 unspecified atom stereocenters. The van der Waals surface area contributed by atoms with Gasteiger partial charge in [-0.3, -0.25) is 4.68 Å². The zero-order valence-corrected chi connectivity index (χ0v) is 25.0. The van der Waals surface area contributed by atoms with Crippen LogP contribution in [-0.4, -0.2) is 45.2 Å². The lowest BCUT2D eigenvalue weighted by molar-refractivity contribution is -0.321. The lowest BCUT2D eigenvalue weighted by atomic mass is 10.0. The fourth-order valence-electron chi connectivity index (χ4n) is 4.47. The molecule has 15 heteroatoms. The van der Waals surface area contributed by atoms with E-state index in [1.807, 2.05) is 25.2 Å². The summed E-state index contributed by atoms with van der Waals surface area (Å²) in [5.74, 6) is -2.65. The smallest absolute Gasteiger partial charge is 0.534 e. The number of aromatic nitrogens is 4. The topological polar surface area (TPSA) is 136 Å². The number of benzene rings is 2. The number of alkyl halides is 3. The van der Waals surface area contributed by atoms with Gasteiger partial charge in [0, 0.05) is 23.6 Å². The Morgan fingerprint density at radius 1 is 1.07 bits per heavy atom. The number of aliphatic carboxylic acids is 1. The highest BCUT2D eigenvalue weighted by Gasteiger charge is 2.49. The van der Waals surface area contributed by atoms with E-state index in [1.165, 1.54) is 33.8 Å². The van der Waals surface area contributed by atoms with Crippen LogP contribution in [0.2, 0.25) is 0 Å². The number of hydrogen-bond acceptors (Lipinski definition) is 10. The molecule has 3 aromatic heterocycles. The lowest BCUT2D eigenvalue weighted by Crippen LogP contribution is -2.37. The molecule has 10 nitrogen and oxygen atoms in total. The highest BCUT2D eigenvalue weighted by Crippen LogP contribution is 2.45. The molecule has 0 radical (unpaired) electrons. The summed E-state index contributed by atoms with van der Waals surface area (Å²) in [6.07, 6.45) is -0.243. The summed E-state index contributed by atoms with van der Waals surface area (Å²) in [6.45, 7) is 5.97. The Morgan fingerprint density at radius 3 is 2.42 bits per heavy atom. The second kappa shape index (κ2) is 10.6. The predicted octanol–water partition coefficient (Wildman–Crippen LogP) is 5.05. The van der Waals surface area contributed by atoms with Crippen molar-refractivity contribution in [2.75, 3.05) is 0 Å². The number of pyridine rings is 1. The van der Waals surface area contributed by atoms with Crippen LogP contribution in [0, 0.1) is 6.92 Å². The summed E-state index contributed by atoms with van der Waals surface area (Å²) >= 11 is 0.795. The van der Waals surface area contributed by atoms with Gasteiger partial charge in [0.05, 0.1) is 44.9 Å². The third-order valence-electron chi connectivity index (χ3n) is 6.32. The molecule has 0 amide bonds. The summed E-state index contributed by atoms with van der Waals surface area (Å²) < 4.78 is 76.6. The third-order valence-corrected chi connectivity index (χ3v) is 8.36. The predicted molar refractivity (Wildman–Crippen MR) is 151 cm³/mol. The molecule has 0 saturated heterocycles. The van der Waals surface area contributed by atoms with Crippen molar-refractivity contribution < 1.29 is 40.4 Å². The van der Waals surface area contributed by atoms with Crippen LogP contribution in [0.3, 0.4) is 0 Å². The third kappa shape index (κ3) is 5.92. The van der Waals surface area contributed by atoms with Crippen LogP contribution in [0.5, 0.6) is 5.75 Å². The molecule has 0 aliphatic heterocycles. The number of fused-ring (bicyclic) bond motifs is 2. The van der Waals surface area contributed by atoms with E-state index in [4.69, 9.17) is 4.74 Å². The zero-order chi connectivity index (χ0) is 31.5. The van der Waals surface area contributed by atoms with Crippen molar-refractivity contribution in [3.63, 3.8) is 0 Å². The van der Waals surface area contributed by atoms with Crippen molar-refractivity contribution in [3.8, 4) is 27.7 Å². The molecular weight excluding hydrogens is 609 g/mol. The highest BCUT2D eigenvalue weighted by atomic mass is 32.2. The average Bonchev–Trinajstić information content (AvgIpc) is 3.49. The van der Waals surface area contributed by atoms with E-state index in [1.54, 1.807) is 29.1 Å². The van der Waals surface area contributed by atoms with Gasteiger partial charge in [0.1, 0.15) is 11.1 Å². The van der Waals surface area contributed by atoms with E-state index < -0.39 is 44.6 Å². The molecule has 226 valence electrons. The van der Waals surface area contributed by atoms with Gasteiger partial charge in [-0.05, 0) is 63.6 Å². The van der Waals surface area contributed by atoms with Gasteiger partial charge in [0.2, 0.25) is 0 Å². The maximum Gasteiger partial charge on any atom is 0.534 e. The number of thiazole rings is 1. The first-order chi connectivity index (χ1) is 19.9. The fraction of sp³-hybridized carbons (Fsp3) is 0.286. The summed E-state index contributed by atoms with van der Waals surface area (Å²) in [7, 11) is -4.39. The molecular formula is C28H24F3N4O6S2-. The molecule has 43 heavy (non-hydrogen) atoms. The van der Waals surface area contributed by atoms with E-state index in [-0.39, 0.29) is 20.8 Å². The summed E-state index contributed by atoms with van der Waals surface area (Å²) in [5.41, 5.74) is -4.57. The minimum atomic E-state index is -6.21. The Labute approximate surface area is 247 Å². The second-order valence-electron chi connectivity index (χ2n) is 10.7. The summed E-state index contributed by atoms with van der Waals surface area (Å²) in [5, 5.41) is 17.5. The lowest BCUT2D eigenvalue weighted by Gasteiger charge is -2.30. The molecule has 0 aliphatic rings. The molecule has 0 bridgehead atoms. The van der Waals surface area contributed by atoms with Gasteiger partial charge >= 0.3 is 15.6 Å². The Bertz CT molecular complexity index is 2000. The van der Waals surface area contributed by atoms with Gasteiger partial charge in [-0.15, -0.1) is 11.3 Å². The first kappa shape index (κ1) is 30.4. The molecule has 2 aromatic carbocycles. The van der Waals surface area contributed by atoms with Crippen LogP contribution < -0.4 is 9.29 Å². The number of nitrogens with zero attached hydrogens (tertiary/aromatic N) is 4. The minimum absolute atomic E-state index is 0.0710. The molecule has 1 atom stereocenters. The normalized spacial score (nSPS) is 13.5. The SMILES string of the molecule is Cc1cc2nc(-c3cccc(-c4ccc5c(cnn5C)c4)n3)sc2c(OS(=O)(=O)C(F)(F)F)c1C(OC(C)(C)C)C(=O)[O-]. The number of halogens is 3. The molecule has 5 rings (SSSR count). The quantitative estimate of drug-likeness (QED) is 0.178. The van der Waals surface area contributed by atoms with E-state index in [0.717, 1.165) is 27.8 Å². The summed E-state index contributed by atoms with van der Waals surface area (Å²) in [6, 6.07) is 12.2. The molecule has 5 aromatic rings. The van der Waals surface area contributed by atoms with Gasteiger partial charge < -0.3 is 18.8 Å². The Hall–Kier alpha value is -4.08. The first-order valence-electron chi connectivity index (χ1n) is 12.7. The maximum atomic E-state index is 13.5. The number of carboxylic acid groups (broad SMARTS) is 1. The Morgan fingerprint density at radius 2 is 1.77 bits per heavy atom. The molecule has 0 fully saturated rings. The fourth-order valence-corrected chi connectivity index (χ4v) is 6.02. The molecule has 3 heterocycles. The number of carbonyl (C=O) groups excluding carboxylic acids is 1. The van der Waals surface area contributed by atoms with Crippen LogP contribution in [0.1, 0.15) is 38.0 Å².